The van der Waals surface area contributed by atoms with Crippen LogP contribution in [0.15, 0.2) is 0 Å². The first-order chi connectivity index (χ1) is 5.55. The molecule has 0 aromatic heterocycles. The second-order valence-electron chi connectivity index (χ2n) is 3.35. The molecule has 2 N–H and O–H groups in total. The van der Waals surface area contributed by atoms with Crippen LogP contribution in [0.5, 0.6) is 0 Å². The second-order valence-corrected chi connectivity index (χ2v) is 3.35. The summed E-state index contributed by atoms with van der Waals surface area (Å²) in [5.74, 6) is -2.55. The highest BCUT2D eigenvalue weighted by molar-refractivity contribution is 4.94. The van der Waals surface area contributed by atoms with Gasteiger partial charge in [0, 0.05) is 12.8 Å². The first-order valence-corrected chi connectivity index (χ1v) is 4.08. The van der Waals surface area contributed by atoms with Gasteiger partial charge >= 0.3 is 0 Å². The Morgan fingerprint density at radius 1 is 1.42 bits per heavy atom. The molecule has 1 atom stereocenters. The molecule has 12 heavy (non-hydrogen) atoms. The highest BCUT2D eigenvalue weighted by Crippen LogP contribution is 2.36. The number of hydrogen-bond acceptors (Lipinski definition) is 2. The van der Waals surface area contributed by atoms with Crippen molar-refractivity contribution in [1.29, 1.82) is 5.26 Å². The van der Waals surface area contributed by atoms with E-state index in [-0.39, 0.29) is 18.8 Å². The molecular weight excluding hydrogens is 162 g/mol. The maximum Gasteiger partial charge on any atom is 0.248 e. The van der Waals surface area contributed by atoms with Gasteiger partial charge in [-0.2, -0.15) is 5.26 Å². The Labute approximate surface area is 70.4 Å². The van der Waals surface area contributed by atoms with E-state index in [2.05, 4.69) is 0 Å². The van der Waals surface area contributed by atoms with Crippen LogP contribution in [0, 0.1) is 17.2 Å². The van der Waals surface area contributed by atoms with E-state index in [1.54, 1.807) is 0 Å². The van der Waals surface area contributed by atoms with Gasteiger partial charge in [-0.15, -0.1) is 0 Å². The van der Waals surface area contributed by atoms with E-state index in [0.29, 0.717) is 12.8 Å². The molecule has 1 aliphatic rings. The maximum absolute atomic E-state index is 12.6. The van der Waals surface area contributed by atoms with Crippen LogP contribution >= 0.6 is 0 Å². The normalized spacial score (nSPS) is 26.2. The fraction of sp³-hybridized carbons (Fsp3) is 0.875. The molecule has 0 aliphatic heterocycles. The largest absolute Gasteiger partial charge is 0.316 e. The topological polar surface area (TPSA) is 49.8 Å². The van der Waals surface area contributed by atoms with Crippen LogP contribution in [0.1, 0.15) is 25.7 Å². The van der Waals surface area contributed by atoms with Gasteiger partial charge in [0.1, 0.15) is 0 Å². The Morgan fingerprint density at radius 2 is 1.92 bits per heavy atom. The number of alkyl halides is 2. The van der Waals surface area contributed by atoms with Gasteiger partial charge in [0.05, 0.1) is 12.1 Å². The van der Waals surface area contributed by atoms with Crippen molar-refractivity contribution in [2.45, 2.75) is 37.6 Å². The van der Waals surface area contributed by atoms with Crippen molar-refractivity contribution >= 4 is 0 Å². The lowest BCUT2D eigenvalue weighted by Crippen LogP contribution is -2.35. The molecule has 1 rings (SSSR count). The zero-order valence-electron chi connectivity index (χ0n) is 6.76. The number of hydrogen-bond donors (Lipinski definition) is 1. The molecule has 1 aliphatic carbocycles. The summed E-state index contributed by atoms with van der Waals surface area (Å²) in [5.41, 5.74) is 5.43. The molecule has 0 radical (unpaired) electrons. The smallest absolute Gasteiger partial charge is 0.248 e. The van der Waals surface area contributed by atoms with Gasteiger partial charge in [0.2, 0.25) is 5.92 Å². The van der Waals surface area contributed by atoms with E-state index in [1.807, 2.05) is 6.07 Å². The Kier molecular flexibility index (Phi) is 2.63. The van der Waals surface area contributed by atoms with Crippen molar-refractivity contribution in [2.75, 3.05) is 0 Å². The summed E-state index contributed by atoms with van der Waals surface area (Å²) in [5, 5.41) is 8.45. The minimum Gasteiger partial charge on any atom is -0.316 e. The molecule has 1 saturated carbocycles. The Bertz CT molecular complexity index is 188. The summed E-state index contributed by atoms with van der Waals surface area (Å²) in [7, 11) is 0. The molecule has 0 saturated heterocycles. The third-order valence-corrected chi connectivity index (χ3v) is 2.42. The molecule has 0 unspecified atom stereocenters. The predicted molar refractivity (Wildman–Crippen MR) is 40.5 cm³/mol. The Hall–Kier alpha value is -0.690. The van der Waals surface area contributed by atoms with Crippen LogP contribution in [0.4, 0.5) is 8.78 Å². The molecule has 4 heteroatoms. The molecule has 1 fully saturated rings. The summed E-state index contributed by atoms with van der Waals surface area (Å²) in [6, 6.07) is 1.33. The number of rotatable bonds is 1. The van der Waals surface area contributed by atoms with Crippen LogP contribution in [0.25, 0.3) is 0 Å². The predicted octanol–water partition coefficient (Wildman–Crippen LogP) is 1.66. The summed E-state index contributed by atoms with van der Waals surface area (Å²) < 4.78 is 25.2. The Balaban J connectivity index is 2.42. The summed E-state index contributed by atoms with van der Waals surface area (Å²) in [4.78, 5) is 0. The zero-order valence-corrected chi connectivity index (χ0v) is 6.76. The minimum absolute atomic E-state index is 0.0328. The van der Waals surface area contributed by atoms with Crippen LogP contribution in [0.2, 0.25) is 0 Å². The van der Waals surface area contributed by atoms with Gasteiger partial charge in [0.15, 0.2) is 0 Å². The van der Waals surface area contributed by atoms with E-state index >= 15 is 0 Å². The fourth-order valence-electron chi connectivity index (χ4n) is 1.53. The molecule has 0 aromatic rings. The van der Waals surface area contributed by atoms with Crippen molar-refractivity contribution in [3.8, 4) is 6.07 Å². The van der Waals surface area contributed by atoms with Gasteiger partial charge in [-0.3, -0.25) is 0 Å². The highest BCUT2D eigenvalue weighted by Gasteiger charge is 2.36. The summed E-state index contributed by atoms with van der Waals surface area (Å²) in [6.07, 6.45) is 0.517. The van der Waals surface area contributed by atoms with Crippen LogP contribution in [-0.2, 0) is 0 Å². The van der Waals surface area contributed by atoms with E-state index in [9.17, 15) is 8.78 Å². The van der Waals surface area contributed by atoms with Crippen LogP contribution in [-0.4, -0.2) is 12.0 Å². The number of halogens is 2. The molecular formula is C8H12F2N2. The quantitative estimate of drug-likeness (QED) is 0.657. The molecule has 0 bridgehead atoms. The van der Waals surface area contributed by atoms with Gasteiger partial charge in [-0.25, -0.2) is 8.78 Å². The molecule has 0 amide bonds. The van der Waals surface area contributed by atoms with Crippen molar-refractivity contribution in [3.05, 3.63) is 0 Å². The molecule has 2 nitrogen and oxygen atoms in total. The molecule has 0 spiro atoms. The third-order valence-electron chi connectivity index (χ3n) is 2.42. The number of nitrogens with two attached hydrogens (primary N) is 1. The van der Waals surface area contributed by atoms with Crippen molar-refractivity contribution in [1.82, 2.24) is 0 Å². The van der Waals surface area contributed by atoms with Crippen molar-refractivity contribution in [2.24, 2.45) is 11.7 Å². The lowest BCUT2D eigenvalue weighted by Gasteiger charge is -2.29. The highest BCUT2D eigenvalue weighted by atomic mass is 19.3. The monoisotopic (exact) mass is 174 g/mol. The zero-order chi connectivity index (χ0) is 9.19. The van der Waals surface area contributed by atoms with Gasteiger partial charge in [0.25, 0.3) is 0 Å². The van der Waals surface area contributed by atoms with Crippen LogP contribution in [0.3, 0.4) is 0 Å². The van der Waals surface area contributed by atoms with E-state index < -0.39 is 12.0 Å². The third kappa shape index (κ3) is 2.15. The average Bonchev–Trinajstić information content (AvgIpc) is 2.03. The lowest BCUT2D eigenvalue weighted by molar-refractivity contribution is -0.0465. The Morgan fingerprint density at radius 3 is 2.33 bits per heavy atom. The SMILES string of the molecule is N#C[C@@H](N)C1CCC(F)(F)CC1. The maximum atomic E-state index is 12.6. The first kappa shape index (κ1) is 9.40. The van der Waals surface area contributed by atoms with E-state index in [1.165, 1.54) is 0 Å². The van der Waals surface area contributed by atoms with Gasteiger partial charge in [-0.1, -0.05) is 0 Å². The number of nitrogens with zero attached hydrogens (tertiary/aromatic N) is 1. The molecule has 0 aromatic carbocycles. The fourth-order valence-corrected chi connectivity index (χ4v) is 1.53. The number of nitriles is 1. The van der Waals surface area contributed by atoms with Gasteiger partial charge < -0.3 is 5.73 Å². The first-order valence-electron chi connectivity index (χ1n) is 4.08. The minimum atomic E-state index is -2.52. The summed E-state index contributed by atoms with van der Waals surface area (Å²) in [6.45, 7) is 0. The average molecular weight is 174 g/mol. The second kappa shape index (κ2) is 3.36. The summed E-state index contributed by atoms with van der Waals surface area (Å²) >= 11 is 0. The van der Waals surface area contributed by atoms with E-state index in [0.717, 1.165) is 0 Å². The standard InChI is InChI=1S/C8H12F2N2/c9-8(10)3-1-6(2-4-8)7(12)5-11/h6-7H,1-4,12H2/t7-/m1/s1. The van der Waals surface area contributed by atoms with Crippen molar-refractivity contribution in [3.63, 3.8) is 0 Å². The lowest BCUT2D eigenvalue weighted by atomic mass is 9.83. The van der Waals surface area contributed by atoms with E-state index in [4.69, 9.17) is 11.0 Å². The van der Waals surface area contributed by atoms with Crippen molar-refractivity contribution < 1.29 is 8.78 Å². The van der Waals surface area contributed by atoms with Gasteiger partial charge in [-0.05, 0) is 18.8 Å². The molecule has 68 valence electrons. The molecule has 0 heterocycles. The van der Waals surface area contributed by atoms with Crippen LogP contribution < -0.4 is 5.73 Å².